The number of benzene rings is 2. The molecule has 0 aliphatic carbocycles. The molecule has 3 heteroatoms. The van der Waals surface area contributed by atoms with Crippen molar-refractivity contribution in [3.63, 3.8) is 0 Å². The molecule has 2 nitrogen and oxygen atoms in total. The van der Waals surface area contributed by atoms with Gasteiger partial charge in [-0.05, 0) is 93.6 Å². The van der Waals surface area contributed by atoms with Crippen molar-refractivity contribution in [2.24, 2.45) is 4.99 Å². The van der Waals surface area contributed by atoms with Gasteiger partial charge >= 0.3 is 0 Å². The van der Waals surface area contributed by atoms with Crippen molar-refractivity contribution in [1.82, 2.24) is 4.98 Å². The molecule has 138 valence electrons. The van der Waals surface area contributed by atoms with Crippen molar-refractivity contribution in [2.75, 3.05) is 0 Å². The molecule has 0 aliphatic rings. The van der Waals surface area contributed by atoms with Gasteiger partial charge in [0.05, 0.1) is 17.1 Å². The Bertz CT molecular complexity index is 975. The van der Waals surface area contributed by atoms with Gasteiger partial charge in [-0.2, -0.15) is 0 Å². The largest absolute Gasteiger partial charge is 0.255 e. The maximum absolute atomic E-state index is 4.88. The molecule has 0 saturated heterocycles. The van der Waals surface area contributed by atoms with Crippen molar-refractivity contribution >= 4 is 23.2 Å². The molecule has 0 fully saturated rings. The molecular formula is C24H26N2S. The molecule has 0 saturated carbocycles. The van der Waals surface area contributed by atoms with Gasteiger partial charge < -0.3 is 0 Å². The standard InChI is InChI=1S/C24H26N2S/c1-15-16(2)18(4)24(19(5)17(15)3)27-23-13-8-7-12-22(23)26-20(6)21-11-9-10-14-25-21/h7-14H,1-6H3. The first-order chi connectivity index (χ1) is 12.9. The Morgan fingerprint density at radius 2 is 1.37 bits per heavy atom. The predicted octanol–water partition coefficient (Wildman–Crippen LogP) is 6.92. The summed E-state index contributed by atoms with van der Waals surface area (Å²) < 4.78 is 0. The third-order valence-corrected chi connectivity index (χ3v) is 6.71. The van der Waals surface area contributed by atoms with Crippen LogP contribution in [-0.4, -0.2) is 10.7 Å². The van der Waals surface area contributed by atoms with Crippen molar-refractivity contribution < 1.29 is 0 Å². The molecule has 2 aromatic carbocycles. The third kappa shape index (κ3) is 3.98. The maximum Gasteiger partial charge on any atom is 0.0841 e. The van der Waals surface area contributed by atoms with Gasteiger partial charge in [0.2, 0.25) is 0 Å². The Morgan fingerprint density at radius 1 is 0.778 bits per heavy atom. The minimum atomic E-state index is 0.909. The lowest BCUT2D eigenvalue weighted by Crippen LogP contribution is -1.99. The highest BCUT2D eigenvalue weighted by Crippen LogP contribution is 2.41. The molecule has 0 atom stereocenters. The van der Waals surface area contributed by atoms with E-state index in [1.807, 2.05) is 43.0 Å². The first-order valence-electron chi connectivity index (χ1n) is 9.20. The lowest BCUT2D eigenvalue weighted by Gasteiger charge is -2.18. The molecule has 1 heterocycles. The van der Waals surface area contributed by atoms with Crippen LogP contribution in [0.15, 0.2) is 63.4 Å². The third-order valence-electron chi connectivity index (χ3n) is 5.33. The first-order valence-corrected chi connectivity index (χ1v) is 10.0. The fraction of sp³-hybridized carbons (Fsp3) is 0.250. The van der Waals surface area contributed by atoms with Crippen LogP contribution in [0, 0.1) is 34.6 Å². The Labute approximate surface area is 166 Å². The van der Waals surface area contributed by atoms with Crippen molar-refractivity contribution in [3.8, 4) is 0 Å². The topological polar surface area (TPSA) is 25.2 Å². The van der Waals surface area contributed by atoms with Gasteiger partial charge in [-0.15, -0.1) is 0 Å². The van der Waals surface area contributed by atoms with Gasteiger partial charge in [-0.1, -0.05) is 30.0 Å². The van der Waals surface area contributed by atoms with Gasteiger partial charge in [0.15, 0.2) is 0 Å². The van der Waals surface area contributed by atoms with E-state index in [9.17, 15) is 0 Å². The zero-order valence-electron chi connectivity index (χ0n) is 16.9. The molecule has 0 amide bonds. The monoisotopic (exact) mass is 374 g/mol. The summed E-state index contributed by atoms with van der Waals surface area (Å²) in [5, 5.41) is 0. The molecule has 1 aromatic heterocycles. The highest BCUT2D eigenvalue weighted by molar-refractivity contribution is 7.99. The SMILES string of the molecule is CC(=Nc1ccccc1Sc1c(C)c(C)c(C)c(C)c1C)c1ccccn1. The fourth-order valence-electron chi connectivity index (χ4n) is 3.18. The molecule has 27 heavy (non-hydrogen) atoms. The number of aliphatic imine (C=N–C) groups is 1. The van der Waals surface area contributed by atoms with E-state index >= 15 is 0 Å². The summed E-state index contributed by atoms with van der Waals surface area (Å²) in [7, 11) is 0. The van der Waals surface area contributed by atoms with Gasteiger partial charge in [0, 0.05) is 16.0 Å². The minimum absolute atomic E-state index is 0.909. The van der Waals surface area contributed by atoms with E-state index < -0.39 is 0 Å². The summed E-state index contributed by atoms with van der Waals surface area (Å²) in [5.74, 6) is 0. The fourth-order valence-corrected chi connectivity index (χ4v) is 4.38. The van der Waals surface area contributed by atoms with Crippen molar-refractivity contribution in [3.05, 3.63) is 82.2 Å². The first kappa shape index (κ1) is 19.4. The van der Waals surface area contributed by atoms with E-state index in [1.165, 1.54) is 37.6 Å². The Hall–Kier alpha value is -2.39. The second-order valence-corrected chi connectivity index (χ2v) is 7.99. The number of para-hydroxylation sites is 1. The van der Waals surface area contributed by atoms with E-state index in [4.69, 9.17) is 4.99 Å². The Kier molecular flexibility index (Phi) is 5.81. The van der Waals surface area contributed by atoms with Gasteiger partial charge in [0.1, 0.15) is 0 Å². The molecule has 0 N–H and O–H groups in total. The van der Waals surface area contributed by atoms with Gasteiger partial charge in [0.25, 0.3) is 0 Å². The highest BCUT2D eigenvalue weighted by atomic mass is 32.2. The summed E-state index contributed by atoms with van der Waals surface area (Å²) in [6.07, 6.45) is 1.81. The van der Waals surface area contributed by atoms with E-state index in [0.29, 0.717) is 0 Å². The summed E-state index contributed by atoms with van der Waals surface area (Å²) in [6.45, 7) is 13.1. The lowest BCUT2D eigenvalue weighted by atomic mass is 9.95. The molecule has 0 radical (unpaired) electrons. The molecule has 0 bridgehead atoms. The van der Waals surface area contributed by atoms with Crippen LogP contribution in [-0.2, 0) is 0 Å². The molecule has 3 rings (SSSR count). The Morgan fingerprint density at radius 3 is 2.00 bits per heavy atom. The van der Waals surface area contributed by atoms with Crippen LogP contribution in [0.3, 0.4) is 0 Å². The zero-order chi connectivity index (χ0) is 19.6. The number of hydrogen-bond donors (Lipinski definition) is 0. The van der Waals surface area contributed by atoms with Gasteiger partial charge in [-0.3, -0.25) is 9.98 Å². The van der Waals surface area contributed by atoms with Crippen LogP contribution < -0.4 is 0 Å². The second-order valence-electron chi connectivity index (χ2n) is 6.94. The number of aromatic nitrogens is 1. The predicted molar refractivity (Wildman–Crippen MR) is 117 cm³/mol. The zero-order valence-corrected chi connectivity index (χ0v) is 17.7. The van der Waals surface area contributed by atoms with Crippen LogP contribution in [0.25, 0.3) is 0 Å². The van der Waals surface area contributed by atoms with E-state index in [2.05, 4.69) is 57.8 Å². The molecule has 0 aliphatic heterocycles. The van der Waals surface area contributed by atoms with Crippen LogP contribution in [0.1, 0.15) is 40.4 Å². The minimum Gasteiger partial charge on any atom is -0.255 e. The molecule has 0 unspecified atom stereocenters. The normalized spacial score (nSPS) is 11.7. The number of hydrogen-bond acceptors (Lipinski definition) is 3. The van der Waals surface area contributed by atoms with Crippen LogP contribution in [0.4, 0.5) is 5.69 Å². The molecule has 0 spiro atoms. The van der Waals surface area contributed by atoms with Crippen molar-refractivity contribution in [1.29, 1.82) is 0 Å². The molecular weight excluding hydrogens is 348 g/mol. The Balaban J connectivity index is 2.04. The number of nitrogens with zero attached hydrogens (tertiary/aromatic N) is 2. The number of pyridine rings is 1. The summed E-state index contributed by atoms with van der Waals surface area (Å²) >= 11 is 1.81. The van der Waals surface area contributed by atoms with Gasteiger partial charge in [-0.25, -0.2) is 0 Å². The average Bonchev–Trinajstić information content (AvgIpc) is 2.70. The maximum atomic E-state index is 4.88. The van der Waals surface area contributed by atoms with Crippen LogP contribution in [0.2, 0.25) is 0 Å². The summed E-state index contributed by atoms with van der Waals surface area (Å²) in [5.41, 5.74) is 9.70. The van der Waals surface area contributed by atoms with E-state index in [-0.39, 0.29) is 0 Å². The van der Waals surface area contributed by atoms with E-state index in [0.717, 1.165) is 17.1 Å². The lowest BCUT2D eigenvalue weighted by molar-refractivity contribution is 1.09. The van der Waals surface area contributed by atoms with Crippen LogP contribution >= 0.6 is 11.8 Å². The highest BCUT2D eigenvalue weighted by Gasteiger charge is 2.15. The average molecular weight is 375 g/mol. The van der Waals surface area contributed by atoms with E-state index in [1.54, 1.807) is 6.20 Å². The number of rotatable bonds is 4. The summed E-state index contributed by atoms with van der Waals surface area (Å²) in [4.78, 5) is 11.8. The summed E-state index contributed by atoms with van der Waals surface area (Å²) in [6, 6.07) is 14.3. The van der Waals surface area contributed by atoms with Crippen molar-refractivity contribution in [2.45, 2.75) is 51.3 Å². The quantitative estimate of drug-likeness (QED) is 0.463. The van der Waals surface area contributed by atoms with Crippen LogP contribution in [0.5, 0.6) is 0 Å². The smallest absolute Gasteiger partial charge is 0.0841 e. The second kappa shape index (κ2) is 8.10. The molecule has 3 aromatic rings.